The number of aromatic hydroxyl groups is 2. The molecule has 1 saturated heterocycles. The Morgan fingerprint density at radius 1 is 0.791 bits per heavy atom. The van der Waals surface area contributed by atoms with Crippen molar-refractivity contribution in [1.82, 2.24) is 24.8 Å². The van der Waals surface area contributed by atoms with Crippen molar-refractivity contribution in [3.8, 4) is 11.5 Å². The van der Waals surface area contributed by atoms with Gasteiger partial charge in [0, 0.05) is 64.5 Å². The fourth-order valence-corrected chi connectivity index (χ4v) is 6.77. The summed E-state index contributed by atoms with van der Waals surface area (Å²) in [6, 6.07) is 22.2. The van der Waals surface area contributed by atoms with Crippen molar-refractivity contribution in [2.75, 3.05) is 57.3 Å². The Labute approximate surface area is 255 Å². The number of aryl methyl sites for hydroxylation is 3. The van der Waals surface area contributed by atoms with Crippen LogP contribution in [0.1, 0.15) is 46.7 Å². The molecule has 3 aromatic carbocycles. The molecule has 0 radical (unpaired) electrons. The molecule has 3 heterocycles. The van der Waals surface area contributed by atoms with E-state index in [9.17, 15) is 10.2 Å². The van der Waals surface area contributed by atoms with Gasteiger partial charge in [-0.1, -0.05) is 47.7 Å². The van der Waals surface area contributed by atoms with Crippen LogP contribution in [0.2, 0.25) is 0 Å². The normalized spacial score (nSPS) is 18.0. The second kappa shape index (κ2) is 13.6. The highest BCUT2D eigenvalue weighted by molar-refractivity contribution is 5.57. The lowest BCUT2D eigenvalue weighted by Crippen LogP contribution is -2.46. The van der Waals surface area contributed by atoms with Gasteiger partial charge in [0.1, 0.15) is 11.5 Å². The molecule has 2 N–H and O–H groups in total. The van der Waals surface area contributed by atoms with Crippen molar-refractivity contribution in [2.45, 2.75) is 45.1 Å². The summed E-state index contributed by atoms with van der Waals surface area (Å²) < 4.78 is 2.00. The summed E-state index contributed by atoms with van der Waals surface area (Å²) in [6.07, 6.45) is 6.08. The molecular weight excluding hydrogens is 536 g/mol. The summed E-state index contributed by atoms with van der Waals surface area (Å²) in [5.41, 5.74) is 7.30. The molecule has 8 heteroatoms. The van der Waals surface area contributed by atoms with Gasteiger partial charge in [0.15, 0.2) is 0 Å². The van der Waals surface area contributed by atoms with E-state index in [1.54, 1.807) is 6.07 Å². The minimum absolute atomic E-state index is 0.300. The Morgan fingerprint density at radius 2 is 1.58 bits per heavy atom. The summed E-state index contributed by atoms with van der Waals surface area (Å²) in [5.74, 6) is 1.02. The van der Waals surface area contributed by atoms with Gasteiger partial charge < -0.3 is 20.0 Å². The average molecular weight is 581 g/mol. The highest BCUT2D eigenvalue weighted by Gasteiger charge is 2.26. The van der Waals surface area contributed by atoms with E-state index in [0.717, 1.165) is 96.0 Å². The highest BCUT2D eigenvalue weighted by Crippen LogP contribution is 2.34. The van der Waals surface area contributed by atoms with Gasteiger partial charge in [-0.25, -0.2) is 0 Å². The van der Waals surface area contributed by atoms with Gasteiger partial charge in [-0.2, -0.15) is 0 Å². The smallest absolute Gasteiger partial charge is 0.138 e. The van der Waals surface area contributed by atoms with Crippen molar-refractivity contribution in [3.05, 3.63) is 101 Å². The van der Waals surface area contributed by atoms with Crippen LogP contribution in [0.15, 0.2) is 72.9 Å². The summed E-state index contributed by atoms with van der Waals surface area (Å²) in [7, 11) is 0. The molecule has 0 bridgehead atoms. The molecule has 6 rings (SSSR count). The fourth-order valence-electron chi connectivity index (χ4n) is 6.77. The van der Waals surface area contributed by atoms with Crippen molar-refractivity contribution in [1.29, 1.82) is 0 Å². The van der Waals surface area contributed by atoms with Gasteiger partial charge in [0.2, 0.25) is 0 Å². The number of benzene rings is 3. The van der Waals surface area contributed by atoms with Gasteiger partial charge in [-0.3, -0.25) is 9.58 Å². The summed E-state index contributed by atoms with van der Waals surface area (Å²) in [4.78, 5) is 7.35. The Balaban J connectivity index is 0.960. The minimum atomic E-state index is 0.300. The number of hydrogen-bond acceptors (Lipinski definition) is 7. The number of fused-ring (bicyclic) bond motifs is 1. The molecule has 0 aliphatic carbocycles. The van der Waals surface area contributed by atoms with E-state index in [1.165, 1.54) is 22.3 Å². The molecule has 1 aromatic heterocycles. The minimum Gasteiger partial charge on any atom is -0.508 e. The van der Waals surface area contributed by atoms with Gasteiger partial charge in [-0.05, 0) is 85.7 Å². The van der Waals surface area contributed by atoms with Crippen LogP contribution in [0, 0.1) is 6.92 Å². The van der Waals surface area contributed by atoms with Crippen LogP contribution in [-0.2, 0) is 19.4 Å². The van der Waals surface area contributed by atoms with E-state index < -0.39 is 0 Å². The number of nitrogens with zero attached hydrogens (tertiary/aromatic N) is 6. The first-order chi connectivity index (χ1) is 21.0. The van der Waals surface area contributed by atoms with E-state index >= 15 is 0 Å². The number of phenols is 2. The Hall–Kier alpha value is -3.88. The zero-order valence-corrected chi connectivity index (χ0v) is 25.3. The first kappa shape index (κ1) is 29.2. The largest absolute Gasteiger partial charge is 0.508 e. The third kappa shape index (κ3) is 7.20. The fraction of sp³-hybridized carbons (Fsp3) is 0.429. The number of rotatable bonds is 10. The van der Waals surface area contributed by atoms with E-state index in [2.05, 4.69) is 68.5 Å². The lowest BCUT2D eigenvalue weighted by molar-refractivity contribution is 0.248. The highest BCUT2D eigenvalue weighted by atomic mass is 16.3. The molecule has 8 nitrogen and oxygen atoms in total. The maximum atomic E-state index is 10.2. The van der Waals surface area contributed by atoms with Crippen LogP contribution in [0.25, 0.3) is 0 Å². The molecule has 0 amide bonds. The number of aromatic nitrogens is 3. The molecule has 0 saturated carbocycles. The Bertz CT molecular complexity index is 1500. The zero-order chi connectivity index (χ0) is 29.6. The second-order valence-electron chi connectivity index (χ2n) is 12.1. The number of hydrogen-bond donors (Lipinski definition) is 2. The predicted molar refractivity (Wildman–Crippen MR) is 171 cm³/mol. The van der Waals surface area contributed by atoms with Gasteiger partial charge in [0.25, 0.3) is 0 Å². The van der Waals surface area contributed by atoms with E-state index in [4.69, 9.17) is 0 Å². The van der Waals surface area contributed by atoms with Crippen molar-refractivity contribution in [3.63, 3.8) is 0 Å². The van der Waals surface area contributed by atoms with Crippen LogP contribution in [0.5, 0.6) is 11.5 Å². The predicted octanol–water partition coefficient (Wildman–Crippen LogP) is 4.83. The topological polar surface area (TPSA) is 80.9 Å². The molecule has 4 aromatic rings. The van der Waals surface area contributed by atoms with Gasteiger partial charge in [-0.15, -0.1) is 5.10 Å². The van der Waals surface area contributed by atoms with Crippen molar-refractivity contribution < 1.29 is 10.2 Å². The van der Waals surface area contributed by atoms with E-state index in [1.807, 2.05) is 35.0 Å². The van der Waals surface area contributed by atoms with E-state index in [0.29, 0.717) is 17.4 Å². The van der Waals surface area contributed by atoms with Crippen molar-refractivity contribution >= 4 is 5.69 Å². The SMILES string of the molecule is Cc1ccccc1C1CN(CCCc2cn(CCCN3CCN(c4ccccc4O)CC3)nn2)CCc2cc(O)ccc21. The van der Waals surface area contributed by atoms with Crippen LogP contribution < -0.4 is 4.90 Å². The average Bonchev–Trinajstić information content (AvgIpc) is 3.39. The molecule has 226 valence electrons. The first-order valence-electron chi connectivity index (χ1n) is 15.8. The zero-order valence-electron chi connectivity index (χ0n) is 25.3. The molecule has 43 heavy (non-hydrogen) atoms. The monoisotopic (exact) mass is 580 g/mol. The third-order valence-electron chi connectivity index (χ3n) is 9.15. The Morgan fingerprint density at radius 3 is 2.42 bits per heavy atom. The van der Waals surface area contributed by atoms with Crippen LogP contribution in [-0.4, -0.2) is 87.4 Å². The molecule has 1 fully saturated rings. The van der Waals surface area contributed by atoms with Gasteiger partial charge >= 0.3 is 0 Å². The molecule has 2 aliphatic rings. The van der Waals surface area contributed by atoms with Crippen LogP contribution in [0.4, 0.5) is 5.69 Å². The molecule has 2 aliphatic heterocycles. The quantitative estimate of drug-likeness (QED) is 0.278. The van der Waals surface area contributed by atoms with E-state index in [-0.39, 0.29) is 0 Å². The van der Waals surface area contributed by atoms with Crippen molar-refractivity contribution in [2.24, 2.45) is 0 Å². The number of piperazine rings is 1. The first-order valence-corrected chi connectivity index (χ1v) is 15.8. The Kier molecular flexibility index (Phi) is 9.24. The standard InChI is InChI=1S/C35H44N6O2/c1-27-8-2-3-10-31(27)33-26-39(19-15-28-24-30(42)13-14-32(28)33)16-6-9-29-25-41(37-36-29)18-7-17-38-20-22-40(23-21-38)34-11-4-5-12-35(34)43/h2-5,8,10-14,24-25,33,42-43H,6-7,9,15-23,26H2,1H3. The number of para-hydroxylation sites is 2. The summed E-state index contributed by atoms with van der Waals surface area (Å²) >= 11 is 0. The molecule has 0 spiro atoms. The maximum Gasteiger partial charge on any atom is 0.138 e. The lowest BCUT2D eigenvalue weighted by atomic mass is 9.86. The third-order valence-corrected chi connectivity index (χ3v) is 9.15. The molecule has 1 atom stereocenters. The van der Waals surface area contributed by atoms with Crippen LogP contribution in [0.3, 0.4) is 0 Å². The summed E-state index contributed by atoms with van der Waals surface area (Å²) in [5, 5.41) is 29.2. The number of phenolic OH excluding ortho intramolecular Hbond substituents is 2. The summed E-state index contributed by atoms with van der Waals surface area (Å²) in [6.45, 7) is 11.0. The maximum absolute atomic E-state index is 10.2. The number of anilines is 1. The van der Waals surface area contributed by atoms with Crippen LogP contribution >= 0.6 is 0 Å². The van der Waals surface area contributed by atoms with Gasteiger partial charge in [0.05, 0.1) is 11.4 Å². The lowest BCUT2D eigenvalue weighted by Gasteiger charge is -2.36. The second-order valence-corrected chi connectivity index (χ2v) is 12.1. The molecule has 1 unspecified atom stereocenters. The molecular formula is C35H44N6O2.